The molecule has 2 rings (SSSR count). The van der Waals surface area contributed by atoms with Gasteiger partial charge in [0.2, 0.25) is 0 Å². The molecule has 1 amide bonds. The summed E-state index contributed by atoms with van der Waals surface area (Å²) in [4.78, 5) is 11.8. The number of hydrogen-bond donors (Lipinski definition) is 1. The zero-order chi connectivity index (χ0) is 14.5. The molecule has 0 bridgehead atoms. The fourth-order valence-corrected chi connectivity index (χ4v) is 1.96. The highest BCUT2D eigenvalue weighted by atomic mass is 35.5. The molecule has 0 saturated heterocycles. The lowest BCUT2D eigenvalue weighted by Crippen LogP contribution is -2.25. The predicted molar refractivity (Wildman–Crippen MR) is 73.8 cm³/mol. The lowest BCUT2D eigenvalue weighted by Gasteiger charge is -2.06. The van der Waals surface area contributed by atoms with Gasteiger partial charge >= 0.3 is 0 Å². The molecule has 2 nitrogen and oxygen atoms in total. The number of hydrogen-bond acceptors (Lipinski definition) is 1. The molecule has 0 atom stereocenters. The molecule has 2 aromatic carbocycles. The van der Waals surface area contributed by atoms with Crippen molar-refractivity contribution in [3.05, 3.63) is 70.2 Å². The largest absolute Gasteiger partial charge is 0.352 e. The molecular formula is C15H12ClF2NO. The van der Waals surface area contributed by atoms with Crippen molar-refractivity contribution >= 4 is 17.5 Å². The predicted octanol–water partition coefficient (Wildman–Crippen LogP) is 3.59. The van der Waals surface area contributed by atoms with E-state index in [9.17, 15) is 13.6 Å². The first-order chi connectivity index (χ1) is 9.56. The Kier molecular flexibility index (Phi) is 4.69. The molecule has 0 aliphatic heterocycles. The van der Waals surface area contributed by atoms with Gasteiger partial charge in [0.05, 0.1) is 0 Å². The molecule has 20 heavy (non-hydrogen) atoms. The first kappa shape index (κ1) is 14.5. The SMILES string of the molecule is O=C(NCCc1ccc(F)cc1F)c1cccc(Cl)c1. The lowest BCUT2D eigenvalue weighted by atomic mass is 10.1. The van der Waals surface area contributed by atoms with E-state index in [1.165, 1.54) is 12.1 Å². The van der Waals surface area contributed by atoms with Gasteiger partial charge in [0.25, 0.3) is 5.91 Å². The third kappa shape index (κ3) is 3.78. The van der Waals surface area contributed by atoms with E-state index < -0.39 is 11.6 Å². The van der Waals surface area contributed by atoms with E-state index in [0.717, 1.165) is 6.07 Å². The van der Waals surface area contributed by atoms with Crippen molar-refractivity contribution < 1.29 is 13.6 Å². The van der Waals surface area contributed by atoms with E-state index in [1.54, 1.807) is 24.3 Å². The van der Waals surface area contributed by atoms with Crippen LogP contribution in [0.1, 0.15) is 15.9 Å². The summed E-state index contributed by atoms with van der Waals surface area (Å²) in [5.74, 6) is -1.51. The molecule has 1 N–H and O–H groups in total. The van der Waals surface area contributed by atoms with Crippen LogP contribution in [-0.2, 0) is 6.42 Å². The number of halogens is 3. The van der Waals surface area contributed by atoms with Crippen LogP contribution in [0.25, 0.3) is 0 Å². The summed E-state index contributed by atoms with van der Waals surface area (Å²) in [6, 6.07) is 9.93. The van der Waals surface area contributed by atoms with Gasteiger partial charge in [-0.15, -0.1) is 0 Å². The van der Waals surface area contributed by atoms with Gasteiger partial charge in [0, 0.05) is 23.2 Å². The molecule has 2 aromatic rings. The van der Waals surface area contributed by atoms with E-state index in [1.807, 2.05) is 0 Å². The molecule has 0 spiro atoms. The zero-order valence-corrected chi connectivity index (χ0v) is 11.3. The second kappa shape index (κ2) is 6.48. The molecule has 0 aliphatic rings. The molecule has 0 saturated carbocycles. The first-order valence-corrected chi connectivity index (χ1v) is 6.42. The summed E-state index contributed by atoms with van der Waals surface area (Å²) in [6.45, 7) is 0.258. The molecular weight excluding hydrogens is 284 g/mol. The monoisotopic (exact) mass is 295 g/mol. The van der Waals surface area contributed by atoms with Crippen molar-refractivity contribution in [1.82, 2.24) is 5.32 Å². The third-order valence-electron chi connectivity index (χ3n) is 2.78. The van der Waals surface area contributed by atoms with Gasteiger partial charge < -0.3 is 5.32 Å². The lowest BCUT2D eigenvalue weighted by molar-refractivity contribution is 0.0954. The number of carbonyl (C=O) groups excluding carboxylic acids is 1. The van der Waals surface area contributed by atoms with Gasteiger partial charge in [-0.05, 0) is 36.2 Å². The number of carbonyl (C=O) groups is 1. The fourth-order valence-electron chi connectivity index (χ4n) is 1.77. The van der Waals surface area contributed by atoms with Crippen molar-refractivity contribution in [2.24, 2.45) is 0 Å². The number of rotatable bonds is 4. The highest BCUT2D eigenvalue weighted by Crippen LogP contribution is 2.11. The molecule has 0 radical (unpaired) electrons. The van der Waals surface area contributed by atoms with Crippen LogP contribution >= 0.6 is 11.6 Å². The third-order valence-corrected chi connectivity index (χ3v) is 3.02. The van der Waals surface area contributed by atoms with E-state index in [2.05, 4.69) is 5.32 Å². The number of amides is 1. The van der Waals surface area contributed by atoms with Crippen LogP contribution in [-0.4, -0.2) is 12.5 Å². The minimum absolute atomic E-state index is 0.258. The van der Waals surface area contributed by atoms with Crippen LogP contribution in [0.4, 0.5) is 8.78 Å². The maximum absolute atomic E-state index is 13.4. The fraction of sp³-hybridized carbons (Fsp3) is 0.133. The number of benzene rings is 2. The second-order valence-corrected chi connectivity index (χ2v) is 4.69. The summed E-state index contributed by atoms with van der Waals surface area (Å²) in [5.41, 5.74) is 0.801. The van der Waals surface area contributed by atoms with Gasteiger partial charge in [-0.2, -0.15) is 0 Å². The summed E-state index contributed by atoms with van der Waals surface area (Å²) in [6.07, 6.45) is 0.290. The average molecular weight is 296 g/mol. The van der Waals surface area contributed by atoms with Crippen LogP contribution in [0.2, 0.25) is 5.02 Å². The Morgan fingerprint density at radius 1 is 1.15 bits per heavy atom. The molecule has 0 aromatic heterocycles. The molecule has 5 heteroatoms. The topological polar surface area (TPSA) is 29.1 Å². The van der Waals surface area contributed by atoms with Crippen molar-refractivity contribution in [3.8, 4) is 0 Å². The Morgan fingerprint density at radius 2 is 1.95 bits per heavy atom. The Bertz CT molecular complexity index is 631. The van der Waals surface area contributed by atoms with Crippen LogP contribution in [0.3, 0.4) is 0 Å². The molecule has 104 valence electrons. The Labute approximate surface area is 120 Å². The van der Waals surface area contributed by atoms with Crippen molar-refractivity contribution in [1.29, 1.82) is 0 Å². The summed E-state index contributed by atoms with van der Waals surface area (Å²) in [5, 5.41) is 3.13. The maximum atomic E-state index is 13.4. The first-order valence-electron chi connectivity index (χ1n) is 6.04. The Balaban J connectivity index is 1.91. The van der Waals surface area contributed by atoms with Crippen molar-refractivity contribution in [3.63, 3.8) is 0 Å². The van der Waals surface area contributed by atoms with Gasteiger partial charge in [0.1, 0.15) is 11.6 Å². The highest BCUT2D eigenvalue weighted by molar-refractivity contribution is 6.30. The normalized spacial score (nSPS) is 10.3. The van der Waals surface area contributed by atoms with E-state index >= 15 is 0 Å². The summed E-state index contributed by atoms with van der Waals surface area (Å²) < 4.78 is 26.1. The summed E-state index contributed by atoms with van der Waals surface area (Å²) >= 11 is 5.79. The molecule has 0 aliphatic carbocycles. The van der Waals surface area contributed by atoms with Gasteiger partial charge in [-0.1, -0.05) is 23.7 Å². The van der Waals surface area contributed by atoms with Gasteiger partial charge in [0.15, 0.2) is 0 Å². The zero-order valence-electron chi connectivity index (χ0n) is 10.5. The quantitative estimate of drug-likeness (QED) is 0.917. The van der Waals surface area contributed by atoms with Crippen LogP contribution < -0.4 is 5.32 Å². The second-order valence-electron chi connectivity index (χ2n) is 4.25. The van der Waals surface area contributed by atoms with Crippen molar-refractivity contribution in [2.75, 3.05) is 6.54 Å². The Hall–Kier alpha value is -1.94. The standard InChI is InChI=1S/C15H12ClF2NO/c16-12-3-1-2-11(8-12)15(20)19-7-6-10-4-5-13(17)9-14(10)18/h1-5,8-9H,6-7H2,(H,19,20). The minimum atomic E-state index is -0.616. The van der Waals surface area contributed by atoms with Crippen molar-refractivity contribution in [2.45, 2.75) is 6.42 Å². The van der Waals surface area contributed by atoms with E-state index in [-0.39, 0.29) is 12.5 Å². The Morgan fingerprint density at radius 3 is 2.65 bits per heavy atom. The van der Waals surface area contributed by atoms with Crippen LogP contribution in [0.5, 0.6) is 0 Å². The summed E-state index contributed by atoms with van der Waals surface area (Å²) in [7, 11) is 0. The highest BCUT2D eigenvalue weighted by Gasteiger charge is 2.07. The molecule has 0 fully saturated rings. The molecule has 0 unspecified atom stereocenters. The average Bonchev–Trinajstić information content (AvgIpc) is 2.41. The van der Waals surface area contributed by atoms with E-state index in [0.29, 0.717) is 22.6 Å². The maximum Gasteiger partial charge on any atom is 0.251 e. The minimum Gasteiger partial charge on any atom is -0.352 e. The molecule has 0 heterocycles. The number of nitrogens with one attached hydrogen (secondary N) is 1. The van der Waals surface area contributed by atoms with Gasteiger partial charge in [-0.3, -0.25) is 4.79 Å². The van der Waals surface area contributed by atoms with Crippen LogP contribution in [0.15, 0.2) is 42.5 Å². The van der Waals surface area contributed by atoms with Crippen LogP contribution in [0, 0.1) is 11.6 Å². The van der Waals surface area contributed by atoms with E-state index in [4.69, 9.17) is 11.6 Å². The van der Waals surface area contributed by atoms with Gasteiger partial charge in [-0.25, -0.2) is 8.78 Å². The smallest absolute Gasteiger partial charge is 0.251 e.